The van der Waals surface area contributed by atoms with Gasteiger partial charge in [-0.3, -0.25) is 0 Å². The Morgan fingerprint density at radius 1 is 1.23 bits per heavy atom. The molecule has 1 saturated heterocycles. The largest absolute Gasteiger partial charge is 0.347 e. The Labute approximate surface area is 175 Å². The Bertz CT molecular complexity index is 1180. The summed E-state index contributed by atoms with van der Waals surface area (Å²) in [7, 11) is 1.56. The van der Waals surface area contributed by atoms with Gasteiger partial charge in [-0.15, -0.1) is 0 Å². The molecule has 0 radical (unpaired) electrons. The maximum Gasteiger partial charge on any atom is 0.262 e. The second kappa shape index (κ2) is 7.77. The van der Waals surface area contributed by atoms with E-state index in [4.69, 9.17) is 0 Å². The second-order valence-corrected chi connectivity index (χ2v) is 9.36. The molecule has 8 nitrogen and oxygen atoms in total. The molecule has 1 unspecified atom stereocenters. The van der Waals surface area contributed by atoms with Crippen LogP contribution in [0.2, 0.25) is 0 Å². The molecule has 1 fully saturated rings. The summed E-state index contributed by atoms with van der Waals surface area (Å²) < 4.78 is 43.5. The zero-order chi connectivity index (χ0) is 21.5. The molecule has 158 valence electrons. The molecule has 1 aliphatic heterocycles. The monoisotopic (exact) mass is 430 g/mol. The second-order valence-electron chi connectivity index (χ2n) is 7.52. The predicted molar refractivity (Wildman–Crippen MR) is 111 cm³/mol. The molecular weight excluding hydrogens is 407 g/mol. The highest BCUT2D eigenvalue weighted by atomic mass is 32.2. The van der Waals surface area contributed by atoms with Crippen molar-refractivity contribution in [3.63, 3.8) is 0 Å². The van der Waals surface area contributed by atoms with E-state index in [9.17, 15) is 12.8 Å². The number of benzene rings is 1. The van der Waals surface area contributed by atoms with Gasteiger partial charge in [-0.1, -0.05) is 12.1 Å². The van der Waals surface area contributed by atoms with Gasteiger partial charge in [-0.05, 0) is 30.5 Å². The van der Waals surface area contributed by atoms with Crippen LogP contribution in [0.1, 0.15) is 24.6 Å². The molecule has 0 N–H and O–H groups in total. The van der Waals surface area contributed by atoms with Gasteiger partial charge in [0.05, 0.1) is 18.1 Å². The minimum absolute atomic E-state index is 0.00564. The minimum Gasteiger partial charge on any atom is -0.347 e. The Kier molecular flexibility index (Phi) is 5.29. The van der Waals surface area contributed by atoms with E-state index < -0.39 is 16.1 Å². The van der Waals surface area contributed by atoms with Crippen molar-refractivity contribution in [2.24, 2.45) is 7.05 Å². The van der Waals surface area contributed by atoms with Crippen LogP contribution < -0.4 is 4.90 Å². The van der Waals surface area contributed by atoms with Gasteiger partial charge in [-0.25, -0.2) is 27.8 Å². The van der Waals surface area contributed by atoms with Gasteiger partial charge in [0.1, 0.15) is 5.82 Å². The molecule has 0 amide bonds. The number of hydrogen-bond acceptors (Lipinski definition) is 6. The highest BCUT2D eigenvalue weighted by molar-refractivity contribution is 7.89. The highest BCUT2D eigenvalue weighted by Gasteiger charge is 2.39. The van der Waals surface area contributed by atoms with Gasteiger partial charge in [0.15, 0.2) is 5.03 Å². The van der Waals surface area contributed by atoms with Crippen LogP contribution in [0.15, 0.2) is 48.0 Å². The molecule has 1 aliphatic rings. The third kappa shape index (κ3) is 3.68. The molecule has 3 aromatic rings. The summed E-state index contributed by atoms with van der Waals surface area (Å²) in [5.41, 5.74) is 1.79. The first kappa shape index (κ1) is 20.4. The minimum atomic E-state index is -3.80. The highest BCUT2D eigenvalue weighted by Crippen LogP contribution is 2.40. The van der Waals surface area contributed by atoms with Crippen molar-refractivity contribution in [1.29, 1.82) is 0 Å². The van der Waals surface area contributed by atoms with Crippen molar-refractivity contribution < 1.29 is 12.8 Å². The average Bonchev–Trinajstić information content (AvgIpc) is 3.37. The topological polar surface area (TPSA) is 84.2 Å². The van der Waals surface area contributed by atoms with Crippen LogP contribution in [0.4, 0.5) is 10.3 Å². The van der Waals surface area contributed by atoms with Crippen LogP contribution in [-0.2, 0) is 17.1 Å². The van der Waals surface area contributed by atoms with Gasteiger partial charge in [0, 0.05) is 45.6 Å². The number of hydrogen-bond donors (Lipinski definition) is 0. The number of sulfonamides is 1. The first-order valence-corrected chi connectivity index (χ1v) is 11.0. The van der Waals surface area contributed by atoms with E-state index in [0.717, 1.165) is 0 Å². The molecule has 10 heteroatoms. The van der Waals surface area contributed by atoms with E-state index in [0.29, 0.717) is 42.2 Å². The number of imidazole rings is 1. The lowest BCUT2D eigenvalue weighted by Gasteiger charge is -2.25. The summed E-state index contributed by atoms with van der Waals surface area (Å²) in [5.74, 6) is 0.0896. The van der Waals surface area contributed by atoms with Crippen molar-refractivity contribution in [2.45, 2.75) is 23.9 Å². The summed E-state index contributed by atoms with van der Waals surface area (Å²) in [6.45, 7) is 0.369. The fourth-order valence-corrected chi connectivity index (χ4v) is 5.31. The maximum absolute atomic E-state index is 13.9. The van der Waals surface area contributed by atoms with Gasteiger partial charge >= 0.3 is 0 Å². The summed E-state index contributed by atoms with van der Waals surface area (Å²) in [5, 5.41) is 0.00564. The van der Waals surface area contributed by atoms with Crippen LogP contribution >= 0.6 is 0 Å². The number of nitrogens with zero attached hydrogens (tertiary/aromatic N) is 6. The Morgan fingerprint density at radius 3 is 2.70 bits per heavy atom. The van der Waals surface area contributed by atoms with E-state index in [1.165, 1.54) is 29.0 Å². The molecule has 4 rings (SSSR count). The fourth-order valence-electron chi connectivity index (χ4n) is 3.68. The van der Waals surface area contributed by atoms with Crippen molar-refractivity contribution in [3.05, 3.63) is 54.5 Å². The molecule has 0 aliphatic carbocycles. The summed E-state index contributed by atoms with van der Waals surface area (Å²) >= 11 is 0. The van der Waals surface area contributed by atoms with E-state index in [1.807, 2.05) is 14.1 Å². The molecule has 0 spiro atoms. The zero-order valence-corrected chi connectivity index (χ0v) is 17.8. The lowest BCUT2D eigenvalue weighted by atomic mass is 10.0. The van der Waals surface area contributed by atoms with Crippen molar-refractivity contribution >= 4 is 16.0 Å². The molecular formula is C20H23FN6O2S. The van der Waals surface area contributed by atoms with Gasteiger partial charge < -0.3 is 9.47 Å². The van der Waals surface area contributed by atoms with Crippen LogP contribution in [0.25, 0.3) is 11.1 Å². The SMILES string of the molecule is CN(C)c1ncc(-c2cccc(F)c2)c(C2CCCN2S(=O)(=O)c2cn(C)cn2)n1. The van der Waals surface area contributed by atoms with Crippen LogP contribution in [-0.4, -0.2) is 52.9 Å². The lowest BCUT2D eigenvalue weighted by Crippen LogP contribution is -2.32. The number of halogens is 1. The fraction of sp³-hybridized carbons (Fsp3) is 0.350. The standard InChI is InChI=1S/C20H23FN6O2S/c1-25(2)20-22-11-16(14-6-4-7-15(21)10-14)19(24-20)17-8-5-9-27(17)30(28,29)18-12-26(3)13-23-18/h4,6-7,10-13,17H,5,8-9H2,1-3H3. The maximum atomic E-state index is 13.9. The normalized spacial score (nSPS) is 17.4. The smallest absolute Gasteiger partial charge is 0.262 e. The first-order valence-electron chi connectivity index (χ1n) is 9.57. The van der Waals surface area contributed by atoms with E-state index >= 15 is 0 Å². The zero-order valence-electron chi connectivity index (χ0n) is 17.0. The van der Waals surface area contributed by atoms with Gasteiger partial charge in [0.2, 0.25) is 5.95 Å². The Morgan fingerprint density at radius 2 is 2.03 bits per heavy atom. The van der Waals surface area contributed by atoms with E-state index in [-0.39, 0.29) is 10.8 Å². The van der Waals surface area contributed by atoms with E-state index in [1.54, 1.807) is 34.8 Å². The van der Waals surface area contributed by atoms with Gasteiger partial charge in [-0.2, -0.15) is 4.31 Å². The molecule has 1 aromatic carbocycles. The van der Waals surface area contributed by atoms with Crippen molar-refractivity contribution in [1.82, 2.24) is 23.8 Å². The van der Waals surface area contributed by atoms with E-state index in [2.05, 4.69) is 15.0 Å². The predicted octanol–water partition coefficient (Wildman–Crippen LogP) is 2.61. The lowest BCUT2D eigenvalue weighted by molar-refractivity contribution is 0.389. The summed E-state index contributed by atoms with van der Waals surface area (Å²) in [6.07, 6.45) is 5.89. The molecule has 3 heterocycles. The molecule has 30 heavy (non-hydrogen) atoms. The van der Waals surface area contributed by atoms with Crippen molar-refractivity contribution in [3.8, 4) is 11.1 Å². The summed E-state index contributed by atoms with van der Waals surface area (Å²) in [6, 6.07) is 5.67. The van der Waals surface area contributed by atoms with Crippen LogP contribution in [0, 0.1) is 5.82 Å². The summed E-state index contributed by atoms with van der Waals surface area (Å²) in [4.78, 5) is 14.9. The molecule has 2 aromatic heterocycles. The number of aromatic nitrogens is 4. The van der Waals surface area contributed by atoms with Crippen LogP contribution in [0.5, 0.6) is 0 Å². The molecule has 1 atom stereocenters. The van der Waals surface area contributed by atoms with Crippen molar-refractivity contribution in [2.75, 3.05) is 25.5 Å². The molecule has 0 bridgehead atoms. The number of aryl methyl sites for hydroxylation is 1. The third-order valence-electron chi connectivity index (χ3n) is 5.11. The Balaban J connectivity index is 1.84. The Hall–Kier alpha value is -2.85. The quantitative estimate of drug-likeness (QED) is 0.619. The van der Waals surface area contributed by atoms with Gasteiger partial charge in [0.25, 0.3) is 10.0 Å². The number of anilines is 1. The molecule has 0 saturated carbocycles. The third-order valence-corrected chi connectivity index (χ3v) is 6.91. The van der Waals surface area contributed by atoms with Crippen LogP contribution in [0.3, 0.4) is 0 Å². The number of rotatable bonds is 5. The first-order chi connectivity index (χ1) is 14.3. The average molecular weight is 431 g/mol.